The molecule has 3 aliphatic rings. The second-order valence-corrected chi connectivity index (χ2v) is 8.23. The molecule has 0 aliphatic carbocycles. The van der Waals surface area contributed by atoms with Crippen LogP contribution in [0.15, 0.2) is 30.3 Å². The number of rotatable bonds is 4. The zero-order valence-electron chi connectivity index (χ0n) is 16.1. The highest BCUT2D eigenvalue weighted by molar-refractivity contribution is 7.71. The molecule has 0 N–H and O–H groups in total. The molecule has 2 aromatic rings. The van der Waals surface area contributed by atoms with E-state index in [0.29, 0.717) is 43.1 Å². The number of amides is 1. The SMILES string of the molecule is Cn1c(CN2C[C@H](c3ccccc3)CC2=O)nn([C@@H]2CC(=O)[C@@H]3OC[C@H]2O3)c1=S. The van der Waals surface area contributed by atoms with Crippen LogP contribution in [0.1, 0.15) is 36.2 Å². The van der Waals surface area contributed by atoms with E-state index in [-0.39, 0.29) is 29.8 Å². The predicted molar refractivity (Wildman–Crippen MR) is 105 cm³/mol. The first kappa shape index (κ1) is 18.7. The van der Waals surface area contributed by atoms with Gasteiger partial charge >= 0.3 is 0 Å². The number of hydrogen-bond donors (Lipinski definition) is 0. The number of carbonyl (C=O) groups is 2. The normalized spacial score (nSPS) is 29.1. The lowest BCUT2D eigenvalue weighted by atomic mass is 9.99. The lowest BCUT2D eigenvalue weighted by Gasteiger charge is -2.26. The van der Waals surface area contributed by atoms with Gasteiger partial charge in [0.1, 0.15) is 6.10 Å². The number of hydrogen-bond acceptors (Lipinski definition) is 6. The fourth-order valence-corrected chi connectivity index (χ4v) is 4.65. The van der Waals surface area contributed by atoms with Crippen LogP contribution < -0.4 is 0 Å². The van der Waals surface area contributed by atoms with Gasteiger partial charge in [0, 0.05) is 32.4 Å². The molecule has 3 saturated heterocycles. The molecule has 3 aliphatic heterocycles. The molecule has 1 aromatic heterocycles. The molecule has 5 rings (SSSR count). The molecule has 0 radical (unpaired) electrons. The second-order valence-electron chi connectivity index (χ2n) is 7.87. The Hall–Kier alpha value is -2.36. The summed E-state index contributed by atoms with van der Waals surface area (Å²) in [6.45, 7) is 1.41. The van der Waals surface area contributed by atoms with E-state index in [1.54, 1.807) is 4.68 Å². The van der Waals surface area contributed by atoms with Gasteiger partial charge in [0.05, 0.1) is 19.2 Å². The van der Waals surface area contributed by atoms with E-state index in [4.69, 9.17) is 21.7 Å². The van der Waals surface area contributed by atoms with Gasteiger partial charge in [0.25, 0.3) is 0 Å². The van der Waals surface area contributed by atoms with Gasteiger partial charge in [-0.15, -0.1) is 0 Å². The molecule has 9 heteroatoms. The van der Waals surface area contributed by atoms with Crippen molar-refractivity contribution in [2.45, 2.75) is 43.7 Å². The van der Waals surface area contributed by atoms with Crippen molar-refractivity contribution in [2.24, 2.45) is 7.05 Å². The summed E-state index contributed by atoms with van der Waals surface area (Å²) in [7, 11) is 1.84. The van der Waals surface area contributed by atoms with Gasteiger partial charge < -0.3 is 18.9 Å². The zero-order chi connectivity index (χ0) is 20.1. The van der Waals surface area contributed by atoms with Crippen LogP contribution in [0.4, 0.5) is 0 Å². The summed E-state index contributed by atoms with van der Waals surface area (Å²) in [4.78, 5) is 26.6. The number of ether oxygens (including phenoxy) is 2. The third-order valence-electron chi connectivity index (χ3n) is 6.04. The van der Waals surface area contributed by atoms with Crippen LogP contribution >= 0.6 is 12.2 Å². The summed E-state index contributed by atoms with van der Waals surface area (Å²) in [5, 5.41) is 4.67. The van der Waals surface area contributed by atoms with Crippen molar-refractivity contribution in [1.29, 1.82) is 0 Å². The highest BCUT2D eigenvalue weighted by Crippen LogP contribution is 2.33. The van der Waals surface area contributed by atoms with E-state index in [2.05, 4.69) is 17.2 Å². The maximum Gasteiger partial charge on any atom is 0.223 e. The van der Waals surface area contributed by atoms with Crippen LogP contribution in [-0.4, -0.2) is 56.5 Å². The third kappa shape index (κ3) is 3.23. The van der Waals surface area contributed by atoms with Gasteiger partial charge in [-0.05, 0) is 17.8 Å². The second kappa shape index (κ2) is 7.16. The largest absolute Gasteiger partial charge is 0.343 e. The predicted octanol–water partition coefficient (Wildman–Crippen LogP) is 1.72. The first-order chi connectivity index (χ1) is 14.0. The summed E-state index contributed by atoms with van der Waals surface area (Å²) in [5.41, 5.74) is 1.18. The smallest absolute Gasteiger partial charge is 0.223 e. The summed E-state index contributed by atoms with van der Waals surface area (Å²) in [5.74, 6) is 0.919. The zero-order valence-corrected chi connectivity index (χ0v) is 16.9. The summed E-state index contributed by atoms with van der Waals surface area (Å²) in [6.07, 6.45) is -0.187. The molecule has 8 nitrogen and oxygen atoms in total. The molecule has 0 spiro atoms. The summed E-state index contributed by atoms with van der Waals surface area (Å²) < 4.78 is 15.0. The van der Waals surface area contributed by atoms with Gasteiger partial charge in [-0.2, -0.15) is 5.10 Å². The lowest BCUT2D eigenvalue weighted by Crippen LogP contribution is -2.37. The number of ketones is 1. The molecule has 3 fully saturated rings. The molecule has 0 saturated carbocycles. The van der Waals surface area contributed by atoms with Crippen molar-refractivity contribution in [3.63, 3.8) is 0 Å². The topological polar surface area (TPSA) is 78.6 Å². The fraction of sp³-hybridized carbons (Fsp3) is 0.500. The van der Waals surface area contributed by atoms with E-state index >= 15 is 0 Å². The number of aromatic nitrogens is 3. The number of likely N-dealkylation sites (tertiary alicyclic amines) is 1. The average Bonchev–Trinajstić information content (AvgIpc) is 3.40. The Labute approximate surface area is 173 Å². The minimum absolute atomic E-state index is 0.0849. The lowest BCUT2D eigenvalue weighted by molar-refractivity contribution is -0.156. The van der Waals surface area contributed by atoms with Crippen molar-refractivity contribution in [2.75, 3.05) is 13.2 Å². The maximum atomic E-state index is 12.6. The molecule has 1 amide bonds. The van der Waals surface area contributed by atoms with Crippen LogP contribution in [0.25, 0.3) is 0 Å². The van der Waals surface area contributed by atoms with E-state index in [1.807, 2.05) is 34.7 Å². The Morgan fingerprint density at radius 2 is 2.00 bits per heavy atom. The minimum atomic E-state index is -0.745. The number of nitrogens with zero attached hydrogens (tertiary/aromatic N) is 4. The highest BCUT2D eigenvalue weighted by Gasteiger charge is 2.45. The van der Waals surface area contributed by atoms with Gasteiger partial charge in [0.2, 0.25) is 12.2 Å². The van der Waals surface area contributed by atoms with Crippen LogP contribution in [-0.2, 0) is 32.7 Å². The first-order valence-corrected chi connectivity index (χ1v) is 10.2. The Kier molecular flexibility index (Phi) is 4.60. The Morgan fingerprint density at radius 3 is 2.79 bits per heavy atom. The standard InChI is InChI=1S/C20H22N4O4S/c1-22-17(10-23-9-13(7-18(23)26)12-5-3-2-4-6-12)21-24(20(22)29)14-8-15(25)19-27-11-16(14)28-19/h2-6,13-14,16,19H,7-11H2,1H3/t13-,14-,16-,19-/m1/s1. The van der Waals surface area contributed by atoms with Crippen molar-refractivity contribution < 1.29 is 19.1 Å². The maximum absolute atomic E-state index is 12.6. The number of benzene rings is 1. The minimum Gasteiger partial charge on any atom is -0.343 e. The van der Waals surface area contributed by atoms with Crippen LogP contribution in [0.3, 0.4) is 0 Å². The molecule has 4 atom stereocenters. The Morgan fingerprint density at radius 1 is 1.21 bits per heavy atom. The van der Waals surface area contributed by atoms with Crippen LogP contribution in [0.5, 0.6) is 0 Å². The van der Waals surface area contributed by atoms with Crippen molar-refractivity contribution in [1.82, 2.24) is 19.2 Å². The Bertz CT molecular complexity index is 1020. The van der Waals surface area contributed by atoms with Gasteiger partial charge in [0.15, 0.2) is 16.4 Å². The monoisotopic (exact) mass is 414 g/mol. The number of Topliss-reactive ketones (excluding diaryl/α,β-unsaturated/α-hetero) is 1. The van der Waals surface area contributed by atoms with Crippen molar-refractivity contribution >= 4 is 23.9 Å². The molecule has 29 heavy (non-hydrogen) atoms. The van der Waals surface area contributed by atoms with E-state index in [9.17, 15) is 9.59 Å². The number of carbonyl (C=O) groups excluding carboxylic acids is 2. The van der Waals surface area contributed by atoms with E-state index in [1.165, 1.54) is 5.56 Å². The first-order valence-electron chi connectivity index (χ1n) is 9.78. The summed E-state index contributed by atoms with van der Waals surface area (Å²) >= 11 is 5.57. The van der Waals surface area contributed by atoms with Gasteiger partial charge in [-0.1, -0.05) is 30.3 Å². The molecule has 0 unspecified atom stereocenters. The fourth-order valence-electron chi connectivity index (χ4n) is 4.36. The van der Waals surface area contributed by atoms with Gasteiger partial charge in [-0.3, -0.25) is 9.59 Å². The van der Waals surface area contributed by atoms with Crippen molar-refractivity contribution in [3.05, 3.63) is 46.5 Å². The number of fused-ring (bicyclic) bond motifs is 2. The average molecular weight is 414 g/mol. The molecular formula is C20H22N4O4S. The van der Waals surface area contributed by atoms with Gasteiger partial charge in [-0.25, -0.2) is 4.68 Å². The van der Waals surface area contributed by atoms with Crippen molar-refractivity contribution in [3.8, 4) is 0 Å². The summed E-state index contributed by atoms with van der Waals surface area (Å²) in [6, 6.07) is 9.83. The van der Waals surface area contributed by atoms with E-state index < -0.39 is 6.29 Å². The quantitative estimate of drug-likeness (QED) is 0.709. The van der Waals surface area contributed by atoms with E-state index in [0.717, 1.165) is 0 Å². The molecular weight excluding hydrogens is 392 g/mol. The third-order valence-corrected chi connectivity index (χ3v) is 6.50. The Balaban J connectivity index is 1.36. The molecule has 2 bridgehead atoms. The van der Waals surface area contributed by atoms with Crippen LogP contribution in [0.2, 0.25) is 0 Å². The molecule has 4 heterocycles. The highest BCUT2D eigenvalue weighted by atomic mass is 32.1. The molecule has 1 aromatic carbocycles. The molecule has 152 valence electrons. The van der Waals surface area contributed by atoms with Crippen LogP contribution in [0, 0.1) is 4.77 Å².